The summed E-state index contributed by atoms with van der Waals surface area (Å²) in [6, 6.07) is 1.90. The summed E-state index contributed by atoms with van der Waals surface area (Å²) in [5, 5.41) is 3.09. The first kappa shape index (κ1) is 10.5. The maximum Gasteiger partial charge on any atom is 0.161 e. The largest absolute Gasteiger partial charge is 0.310 e. The molecule has 2 rings (SSSR count). The van der Waals surface area contributed by atoms with E-state index in [4.69, 9.17) is 0 Å². The normalized spacial score (nSPS) is 16.5. The van der Waals surface area contributed by atoms with Gasteiger partial charge in [0.2, 0.25) is 0 Å². The van der Waals surface area contributed by atoms with Crippen molar-refractivity contribution in [3.8, 4) is 0 Å². The van der Waals surface area contributed by atoms with E-state index >= 15 is 0 Å². The van der Waals surface area contributed by atoms with Gasteiger partial charge < -0.3 is 5.32 Å². The van der Waals surface area contributed by atoms with Gasteiger partial charge >= 0.3 is 0 Å². The predicted molar refractivity (Wildman–Crippen MR) is 50.8 cm³/mol. The van der Waals surface area contributed by atoms with Crippen molar-refractivity contribution < 1.29 is 13.2 Å². The molecule has 1 N–H and O–H groups in total. The highest BCUT2D eigenvalue weighted by molar-refractivity contribution is 5.20. The maximum atomic E-state index is 13.2. The molecule has 1 aliphatic rings. The molecule has 0 amide bonds. The van der Waals surface area contributed by atoms with E-state index in [2.05, 4.69) is 5.32 Å². The minimum atomic E-state index is -1.14. The predicted octanol–water partition coefficient (Wildman–Crippen LogP) is 2.75. The van der Waals surface area contributed by atoms with E-state index in [0.29, 0.717) is 12.1 Å². The van der Waals surface area contributed by atoms with E-state index in [1.54, 1.807) is 0 Å². The SMILES string of the molecule is Fc1cc(F)c(CNC2CCC2)cc1F. The van der Waals surface area contributed by atoms with E-state index < -0.39 is 17.5 Å². The van der Waals surface area contributed by atoms with Gasteiger partial charge in [-0.15, -0.1) is 0 Å². The molecule has 0 aliphatic heterocycles. The second kappa shape index (κ2) is 4.23. The molecule has 0 unspecified atom stereocenters. The van der Waals surface area contributed by atoms with Crippen molar-refractivity contribution in [2.45, 2.75) is 31.8 Å². The van der Waals surface area contributed by atoms with Crippen LogP contribution in [0.3, 0.4) is 0 Å². The van der Waals surface area contributed by atoms with E-state index in [9.17, 15) is 13.2 Å². The Morgan fingerprint density at radius 3 is 2.33 bits per heavy atom. The van der Waals surface area contributed by atoms with Crippen LogP contribution in [0.25, 0.3) is 0 Å². The Morgan fingerprint density at radius 1 is 1.07 bits per heavy atom. The van der Waals surface area contributed by atoms with Crippen molar-refractivity contribution in [1.82, 2.24) is 5.32 Å². The molecule has 0 bridgehead atoms. The summed E-state index contributed by atoms with van der Waals surface area (Å²) in [6.45, 7) is 0.258. The van der Waals surface area contributed by atoms with Crippen molar-refractivity contribution in [3.63, 3.8) is 0 Å². The molecular formula is C11H12F3N. The molecule has 0 heterocycles. The summed E-state index contributed by atoms with van der Waals surface area (Å²) in [5.74, 6) is -2.83. The van der Waals surface area contributed by atoms with E-state index in [1.165, 1.54) is 6.42 Å². The number of halogens is 3. The average Bonchev–Trinajstić information content (AvgIpc) is 2.11. The maximum absolute atomic E-state index is 13.2. The monoisotopic (exact) mass is 215 g/mol. The second-order valence-electron chi connectivity index (χ2n) is 3.87. The first-order valence-corrected chi connectivity index (χ1v) is 5.03. The summed E-state index contributed by atoms with van der Waals surface area (Å²) < 4.78 is 38.6. The molecule has 15 heavy (non-hydrogen) atoms. The minimum absolute atomic E-state index is 0.181. The topological polar surface area (TPSA) is 12.0 Å². The van der Waals surface area contributed by atoms with Crippen LogP contribution in [0.4, 0.5) is 13.2 Å². The Labute approximate surface area is 86.3 Å². The van der Waals surface area contributed by atoms with Gasteiger partial charge in [0.05, 0.1) is 0 Å². The van der Waals surface area contributed by atoms with E-state index in [0.717, 1.165) is 18.9 Å². The van der Waals surface area contributed by atoms with Gasteiger partial charge in [-0.3, -0.25) is 0 Å². The number of benzene rings is 1. The Balaban J connectivity index is 2.03. The zero-order chi connectivity index (χ0) is 10.8. The molecular weight excluding hydrogens is 203 g/mol. The van der Waals surface area contributed by atoms with Crippen LogP contribution in [0.15, 0.2) is 12.1 Å². The standard InChI is InChI=1S/C11H12F3N/c12-9-5-11(14)10(13)4-7(9)6-15-8-2-1-3-8/h4-5,8,15H,1-3,6H2. The number of hydrogen-bond acceptors (Lipinski definition) is 1. The summed E-state index contributed by atoms with van der Waals surface area (Å²) in [4.78, 5) is 0. The lowest BCUT2D eigenvalue weighted by atomic mass is 9.93. The smallest absolute Gasteiger partial charge is 0.161 e. The van der Waals surface area contributed by atoms with Crippen molar-refractivity contribution in [2.75, 3.05) is 0 Å². The molecule has 0 spiro atoms. The first-order chi connectivity index (χ1) is 7.16. The van der Waals surface area contributed by atoms with Crippen LogP contribution in [-0.4, -0.2) is 6.04 Å². The third-order valence-electron chi connectivity index (χ3n) is 2.78. The van der Waals surface area contributed by atoms with Crippen molar-refractivity contribution in [1.29, 1.82) is 0 Å². The fraction of sp³-hybridized carbons (Fsp3) is 0.455. The van der Waals surface area contributed by atoms with Crippen molar-refractivity contribution >= 4 is 0 Å². The lowest BCUT2D eigenvalue weighted by Crippen LogP contribution is -2.34. The zero-order valence-electron chi connectivity index (χ0n) is 8.19. The van der Waals surface area contributed by atoms with Crippen LogP contribution in [0.2, 0.25) is 0 Å². The van der Waals surface area contributed by atoms with Gasteiger partial charge in [0, 0.05) is 24.2 Å². The van der Waals surface area contributed by atoms with Crippen molar-refractivity contribution in [3.05, 3.63) is 35.1 Å². The molecule has 4 heteroatoms. The lowest BCUT2D eigenvalue weighted by molar-refractivity contribution is 0.335. The van der Waals surface area contributed by atoms with E-state index in [-0.39, 0.29) is 12.1 Å². The highest BCUT2D eigenvalue weighted by Gasteiger charge is 2.17. The molecule has 0 aromatic heterocycles. The Bertz CT molecular complexity index is 361. The highest BCUT2D eigenvalue weighted by atomic mass is 19.2. The number of rotatable bonds is 3. The van der Waals surface area contributed by atoms with Crippen molar-refractivity contribution in [2.24, 2.45) is 0 Å². The van der Waals surface area contributed by atoms with Crippen LogP contribution >= 0.6 is 0 Å². The lowest BCUT2D eigenvalue weighted by Gasteiger charge is -2.26. The third kappa shape index (κ3) is 2.31. The number of hydrogen-bond donors (Lipinski definition) is 1. The van der Waals surface area contributed by atoms with Gasteiger partial charge in [0.15, 0.2) is 11.6 Å². The molecule has 1 aromatic rings. The fourth-order valence-electron chi connectivity index (χ4n) is 1.57. The minimum Gasteiger partial charge on any atom is -0.310 e. The van der Waals surface area contributed by atoms with Crippen LogP contribution < -0.4 is 5.32 Å². The van der Waals surface area contributed by atoms with Crippen LogP contribution in [0, 0.1) is 17.5 Å². The summed E-state index contributed by atoms with van der Waals surface area (Å²) >= 11 is 0. The van der Waals surface area contributed by atoms with Gasteiger partial charge in [-0.1, -0.05) is 6.42 Å². The third-order valence-corrected chi connectivity index (χ3v) is 2.78. The first-order valence-electron chi connectivity index (χ1n) is 5.03. The Kier molecular flexibility index (Phi) is 2.95. The van der Waals surface area contributed by atoms with E-state index in [1.807, 2.05) is 0 Å². The van der Waals surface area contributed by atoms with Gasteiger partial charge in [-0.25, -0.2) is 13.2 Å². The second-order valence-corrected chi connectivity index (χ2v) is 3.87. The molecule has 1 aromatic carbocycles. The molecule has 82 valence electrons. The van der Waals surface area contributed by atoms with Crippen LogP contribution in [0.1, 0.15) is 24.8 Å². The van der Waals surface area contributed by atoms with Gasteiger partial charge in [0.25, 0.3) is 0 Å². The molecule has 1 saturated carbocycles. The average molecular weight is 215 g/mol. The summed E-state index contributed by atoms with van der Waals surface area (Å²) in [7, 11) is 0. The summed E-state index contributed by atoms with van der Waals surface area (Å²) in [6.07, 6.45) is 3.33. The number of nitrogens with one attached hydrogen (secondary N) is 1. The molecule has 1 fully saturated rings. The zero-order valence-corrected chi connectivity index (χ0v) is 8.19. The molecule has 0 radical (unpaired) electrons. The van der Waals surface area contributed by atoms with Crippen LogP contribution in [0.5, 0.6) is 0 Å². The Morgan fingerprint density at radius 2 is 1.73 bits per heavy atom. The molecule has 1 nitrogen and oxygen atoms in total. The highest BCUT2D eigenvalue weighted by Crippen LogP contribution is 2.19. The van der Waals surface area contributed by atoms with Gasteiger partial charge in [-0.05, 0) is 18.9 Å². The van der Waals surface area contributed by atoms with Crippen LogP contribution in [-0.2, 0) is 6.54 Å². The van der Waals surface area contributed by atoms with Gasteiger partial charge in [-0.2, -0.15) is 0 Å². The molecule has 1 aliphatic carbocycles. The molecule has 0 saturated heterocycles. The fourth-order valence-corrected chi connectivity index (χ4v) is 1.57. The quantitative estimate of drug-likeness (QED) is 0.764. The summed E-state index contributed by atoms with van der Waals surface area (Å²) in [5.41, 5.74) is 0.181. The Hall–Kier alpha value is -1.03. The van der Waals surface area contributed by atoms with Gasteiger partial charge in [0.1, 0.15) is 5.82 Å². The molecule has 0 atom stereocenters.